The first kappa shape index (κ1) is 27.2. The lowest BCUT2D eigenvalue weighted by molar-refractivity contribution is -0.121. The second-order valence-electron chi connectivity index (χ2n) is 10.1. The SMILES string of the molecule is COc1ccc(CN2C(=O)[C@@H](NC(c3ccccc3)(c3ccccc3)c3ccccc3)COc3cc(F)cnc32)cc1. The Bertz CT molecular complexity index is 1550. The lowest BCUT2D eigenvalue weighted by Crippen LogP contribution is -2.57. The van der Waals surface area contributed by atoms with E-state index < -0.39 is 17.4 Å². The number of hydrogen-bond donors (Lipinski definition) is 1. The number of pyridine rings is 1. The first-order chi connectivity index (χ1) is 20.6. The molecule has 210 valence electrons. The molecule has 1 amide bonds. The molecule has 1 aliphatic heterocycles. The predicted molar refractivity (Wildman–Crippen MR) is 160 cm³/mol. The average molecular weight is 560 g/mol. The molecule has 0 radical (unpaired) electrons. The number of benzene rings is 4. The molecule has 4 aromatic carbocycles. The van der Waals surface area contributed by atoms with Gasteiger partial charge in [0.1, 0.15) is 24.2 Å². The van der Waals surface area contributed by atoms with Gasteiger partial charge >= 0.3 is 0 Å². The summed E-state index contributed by atoms with van der Waals surface area (Å²) in [6.07, 6.45) is 1.10. The fourth-order valence-electron chi connectivity index (χ4n) is 5.50. The van der Waals surface area contributed by atoms with Crippen LogP contribution in [0.3, 0.4) is 0 Å². The number of nitrogens with zero attached hydrogens (tertiary/aromatic N) is 2. The first-order valence-corrected chi connectivity index (χ1v) is 13.8. The molecule has 6 nitrogen and oxygen atoms in total. The van der Waals surface area contributed by atoms with Gasteiger partial charge in [-0.2, -0.15) is 0 Å². The summed E-state index contributed by atoms with van der Waals surface area (Å²) >= 11 is 0. The fraction of sp³-hybridized carbons (Fsp3) is 0.143. The van der Waals surface area contributed by atoms with Crippen LogP contribution in [0.25, 0.3) is 0 Å². The molecule has 0 unspecified atom stereocenters. The third kappa shape index (κ3) is 5.22. The molecule has 0 aliphatic carbocycles. The van der Waals surface area contributed by atoms with Crippen molar-refractivity contribution in [3.63, 3.8) is 0 Å². The zero-order valence-corrected chi connectivity index (χ0v) is 23.1. The van der Waals surface area contributed by atoms with Crippen LogP contribution in [0, 0.1) is 5.82 Å². The van der Waals surface area contributed by atoms with Gasteiger partial charge < -0.3 is 9.47 Å². The van der Waals surface area contributed by atoms with E-state index >= 15 is 0 Å². The van der Waals surface area contributed by atoms with Crippen LogP contribution in [0.5, 0.6) is 11.5 Å². The third-order valence-corrected chi connectivity index (χ3v) is 7.54. The smallest absolute Gasteiger partial charge is 0.249 e. The second kappa shape index (κ2) is 11.8. The highest BCUT2D eigenvalue weighted by atomic mass is 19.1. The number of fused-ring (bicyclic) bond motifs is 1. The van der Waals surface area contributed by atoms with E-state index in [9.17, 15) is 9.18 Å². The van der Waals surface area contributed by atoms with Crippen LogP contribution in [0.2, 0.25) is 0 Å². The third-order valence-electron chi connectivity index (χ3n) is 7.54. The maximum absolute atomic E-state index is 14.5. The van der Waals surface area contributed by atoms with E-state index in [1.165, 1.54) is 6.07 Å². The number of halogens is 1. The van der Waals surface area contributed by atoms with Crippen LogP contribution in [-0.4, -0.2) is 30.6 Å². The van der Waals surface area contributed by atoms with Gasteiger partial charge in [-0.15, -0.1) is 0 Å². The van der Waals surface area contributed by atoms with Crippen molar-refractivity contribution in [1.29, 1.82) is 0 Å². The molecular formula is C35H30FN3O3. The van der Waals surface area contributed by atoms with Crippen molar-refractivity contribution >= 4 is 11.7 Å². The van der Waals surface area contributed by atoms with E-state index in [-0.39, 0.29) is 30.6 Å². The molecule has 1 N–H and O–H groups in total. The Morgan fingerprint density at radius 1 is 0.881 bits per heavy atom. The lowest BCUT2D eigenvalue weighted by Gasteiger charge is -2.40. The zero-order valence-electron chi connectivity index (χ0n) is 23.1. The van der Waals surface area contributed by atoms with E-state index in [4.69, 9.17) is 9.47 Å². The maximum Gasteiger partial charge on any atom is 0.249 e. The number of hydrogen-bond acceptors (Lipinski definition) is 5. The number of anilines is 1. The summed E-state index contributed by atoms with van der Waals surface area (Å²) in [5, 5.41) is 3.73. The Morgan fingerprint density at radius 3 is 1.95 bits per heavy atom. The van der Waals surface area contributed by atoms with Gasteiger partial charge in [-0.1, -0.05) is 103 Å². The van der Waals surface area contributed by atoms with Gasteiger partial charge in [0.15, 0.2) is 11.6 Å². The van der Waals surface area contributed by atoms with E-state index in [2.05, 4.69) is 46.7 Å². The molecular weight excluding hydrogens is 529 g/mol. The summed E-state index contributed by atoms with van der Waals surface area (Å²) < 4.78 is 25.7. The van der Waals surface area contributed by atoms with E-state index in [1.807, 2.05) is 78.9 Å². The minimum absolute atomic E-state index is 0.0235. The molecule has 42 heavy (non-hydrogen) atoms. The van der Waals surface area contributed by atoms with E-state index in [1.54, 1.807) is 12.0 Å². The molecule has 5 aromatic rings. The number of rotatable bonds is 8. The number of carbonyl (C=O) groups is 1. The van der Waals surface area contributed by atoms with Crippen molar-refractivity contribution in [2.45, 2.75) is 18.1 Å². The molecule has 1 atom stereocenters. The highest BCUT2D eigenvalue weighted by Gasteiger charge is 2.42. The zero-order chi connectivity index (χ0) is 28.9. The average Bonchev–Trinajstić information content (AvgIpc) is 3.17. The second-order valence-corrected chi connectivity index (χ2v) is 10.1. The Balaban J connectivity index is 1.47. The fourth-order valence-corrected chi connectivity index (χ4v) is 5.50. The van der Waals surface area contributed by atoms with Gasteiger partial charge in [0.25, 0.3) is 0 Å². The normalized spacial score (nSPS) is 15.0. The number of methoxy groups -OCH3 is 1. The van der Waals surface area contributed by atoms with Gasteiger partial charge in [-0.05, 0) is 34.4 Å². The maximum atomic E-state index is 14.5. The van der Waals surface area contributed by atoms with Crippen molar-refractivity contribution < 1.29 is 18.7 Å². The molecule has 0 saturated carbocycles. The van der Waals surface area contributed by atoms with Crippen LogP contribution in [-0.2, 0) is 16.9 Å². The van der Waals surface area contributed by atoms with Gasteiger partial charge in [0.2, 0.25) is 5.91 Å². The van der Waals surface area contributed by atoms with Gasteiger partial charge in [-0.3, -0.25) is 15.0 Å². The van der Waals surface area contributed by atoms with Crippen LogP contribution in [0.1, 0.15) is 22.3 Å². The highest BCUT2D eigenvalue weighted by molar-refractivity contribution is 5.98. The monoisotopic (exact) mass is 559 g/mol. The Hall–Kier alpha value is -5.01. The van der Waals surface area contributed by atoms with Crippen molar-refractivity contribution in [2.24, 2.45) is 0 Å². The Labute approximate surface area is 244 Å². The minimum atomic E-state index is -0.908. The van der Waals surface area contributed by atoms with Crippen LogP contribution in [0.4, 0.5) is 10.2 Å². The van der Waals surface area contributed by atoms with Crippen molar-refractivity contribution in [1.82, 2.24) is 10.3 Å². The standard InChI is InChI=1S/C35H30FN3O3/c1-41-30-19-17-25(18-20-30)23-39-33-32(21-29(36)22-37-33)42-24-31(34(39)40)38-35(26-11-5-2-6-12-26,27-13-7-3-8-14-27)28-15-9-4-10-16-28/h2-22,31,38H,23-24H2,1H3/t31-/m0/s1. The molecule has 2 heterocycles. The molecule has 0 bridgehead atoms. The number of carbonyl (C=O) groups excluding carboxylic acids is 1. The minimum Gasteiger partial charge on any atom is -0.497 e. The summed E-state index contributed by atoms with van der Waals surface area (Å²) in [4.78, 5) is 20.4. The topological polar surface area (TPSA) is 63.7 Å². The first-order valence-electron chi connectivity index (χ1n) is 13.8. The van der Waals surface area contributed by atoms with Crippen LogP contribution >= 0.6 is 0 Å². The molecule has 0 fully saturated rings. The Morgan fingerprint density at radius 2 is 1.43 bits per heavy atom. The number of aromatic nitrogens is 1. The van der Waals surface area contributed by atoms with Gasteiger partial charge in [0, 0.05) is 6.07 Å². The van der Waals surface area contributed by atoms with E-state index in [0.717, 1.165) is 28.5 Å². The summed E-state index contributed by atoms with van der Waals surface area (Å²) in [6.45, 7) is 0.190. The Kier molecular flexibility index (Phi) is 7.66. The quantitative estimate of drug-likeness (QED) is 0.233. The van der Waals surface area contributed by atoms with Gasteiger partial charge in [-0.25, -0.2) is 9.37 Å². The molecule has 7 heteroatoms. The molecule has 6 rings (SSSR count). The summed E-state index contributed by atoms with van der Waals surface area (Å²) in [7, 11) is 1.61. The van der Waals surface area contributed by atoms with Crippen molar-refractivity contribution in [3.8, 4) is 11.5 Å². The van der Waals surface area contributed by atoms with Crippen molar-refractivity contribution in [2.75, 3.05) is 18.6 Å². The van der Waals surface area contributed by atoms with E-state index in [0.29, 0.717) is 5.75 Å². The predicted octanol–water partition coefficient (Wildman–Crippen LogP) is 6.11. The number of amides is 1. The van der Waals surface area contributed by atoms with Crippen LogP contribution < -0.4 is 19.7 Å². The van der Waals surface area contributed by atoms with Crippen LogP contribution in [0.15, 0.2) is 128 Å². The molecule has 1 aliphatic rings. The summed E-state index contributed by atoms with van der Waals surface area (Å²) in [5.74, 6) is 0.417. The number of ether oxygens (including phenoxy) is 2. The molecule has 0 spiro atoms. The largest absolute Gasteiger partial charge is 0.497 e. The molecule has 1 aromatic heterocycles. The molecule has 0 saturated heterocycles. The summed E-state index contributed by atoms with van der Waals surface area (Å²) in [6, 6.07) is 38.1. The summed E-state index contributed by atoms with van der Waals surface area (Å²) in [5.41, 5.74) is 2.84. The van der Waals surface area contributed by atoms with Gasteiger partial charge in [0.05, 0.1) is 25.4 Å². The number of nitrogens with one attached hydrogen (secondary N) is 1. The lowest BCUT2D eigenvalue weighted by atomic mass is 9.76. The highest BCUT2D eigenvalue weighted by Crippen LogP contribution is 2.39. The van der Waals surface area contributed by atoms with Crippen molar-refractivity contribution in [3.05, 3.63) is 156 Å².